The van der Waals surface area contributed by atoms with Crippen LogP contribution < -0.4 is 10.1 Å². The summed E-state index contributed by atoms with van der Waals surface area (Å²) in [5, 5.41) is 2.70. The Labute approximate surface area is 124 Å². The van der Waals surface area contributed by atoms with Crippen molar-refractivity contribution in [2.24, 2.45) is 0 Å². The molecular formula is C17H19NO3. The van der Waals surface area contributed by atoms with Crippen molar-refractivity contribution in [1.29, 1.82) is 0 Å². The number of hydrogen-bond donors (Lipinski definition) is 1. The van der Waals surface area contributed by atoms with E-state index in [1.807, 2.05) is 54.6 Å². The molecule has 0 radical (unpaired) electrons. The molecule has 0 aliphatic rings. The molecule has 0 aliphatic carbocycles. The lowest BCUT2D eigenvalue weighted by molar-refractivity contribution is 0.138. The van der Waals surface area contributed by atoms with E-state index in [0.717, 1.165) is 17.9 Å². The summed E-state index contributed by atoms with van der Waals surface area (Å²) in [4.78, 5) is 11.6. The Bertz CT molecular complexity index is 569. The van der Waals surface area contributed by atoms with Crippen LogP contribution in [0.2, 0.25) is 0 Å². The first-order valence-electron chi connectivity index (χ1n) is 6.98. The van der Waals surface area contributed by atoms with Crippen LogP contribution >= 0.6 is 0 Å². The number of anilines is 1. The topological polar surface area (TPSA) is 47.6 Å². The molecule has 110 valence electrons. The summed E-state index contributed by atoms with van der Waals surface area (Å²) in [6.45, 7) is 2.60. The van der Waals surface area contributed by atoms with Gasteiger partial charge >= 0.3 is 6.09 Å². The molecule has 2 rings (SSSR count). The maximum Gasteiger partial charge on any atom is 0.411 e. The van der Waals surface area contributed by atoms with E-state index in [9.17, 15) is 4.79 Å². The van der Waals surface area contributed by atoms with Gasteiger partial charge in [-0.15, -0.1) is 0 Å². The highest BCUT2D eigenvalue weighted by Crippen LogP contribution is 2.11. The smallest absolute Gasteiger partial charge is 0.411 e. The van der Waals surface area contributed by atoms with Crippen molar-refractivity contribution >= 4 is 11.8 Å². The van der Waals surface area contributed by atoms with Crippen LogP contribution in [0.3, 0.4) is 0 Å². The number of hydrogen-bond acceptors (Lipinski definition) is 3. The summed E-state index contributed by atoms with van der Waals surface area (Å²) in [5.74, 6) is 0.761. The van der Waals surface area contributed by atoms with Crippen LogP contribution in [0.4, 0.5) is 10.5 Å². The van der Waals surface area contributed by atoms with Gasteiger partial charge in [-0.3, -0.25) is 5.32 Å². The maximum absolute atomic E-state index is 11.6. The van der Waals surface area contributed by atoms with E-state index in [1.54, 1.807) is 0 Å². The van der Waals surface area contributed by atoms with Gasteiger partial charge in [-0.25, -0.2) is 4.79 Å². The first-order valence-corrected chi connectivity index (χ1v) is 6.98. The number of benzene rings is 2. The average Bonchev–Trinajstić information content (AvgIpc) is 2.53. The zero-order chi connectivity index (χ0) is 14.9. The quantitative estimate of drug-likeness (QED) is 0.819. The van der Waals surface area contributed by atoms with Gasteiger partial charge < -0.3 is 9.47 Å². The molecular weight excluding hydrogens is 266 g/mol. The van der Waals surface area contributed by atoms with E-state index in [1.165, 1.54) is 5.56 Å². The van der Waals surface area contributed by atoms with Crippen molar-refractivity contribution in [2.45, 2.75) is 13.3 Å². The average molecular weight is 285 g/mol. The number of para-hydroxylation sites is 1. The summed E-state index contributed by atoms with van der Waals surface area (Å²) in [6.07, 6.45) is 0.454. The Morgan fingerprint density at radius 1 is 1.05 bits per heavy atom. The number of carbonyl (C=O) groups is 1. The molecule has 0 heterocycles. The molecule has 0 atom stereocenters. The SMILES string of the molecule is CCc1cccc(NC(=O)OCCOc2ccccc2)c1. The van der Waals surface area contributed by atoms with Crippen molar-refractivity contribution in [3.8, 4) is 5.75 Å². The van der Waals surface area contributed by atoms with E-state index in [-0.39, 0.29) is 6.61 Å². The highest BCUT2D eigenvalue weighted by molar-refractivity contribution is 5.84. The fourth-order valence-corrected chi connectivity index (χ4v) is 1.83. The number of amides is 1. The molecule has 0 aliphatic heterocycles. The fourth-order valence-electron chi connectivity index (χ4n) is 1.83. The van der Waals surface area contributed by atoms with E-state index < -0.39 is 6.09 Å². The van der Waals surface area contributed by atoms with Gasteiger partial charge in [-0.05, 0) is 36.2 Å². The molecule has 1 amide bonds. The standard InChI is InChI=1S/C17H19NO3/c1-2-14-7-6-8-15(13-14)18-17(19)21-12-11-20-16-9-4-3-5-10-16/h3-10,13H,2,11-12H2,1H3,(H,18,19). The van der Waals surface area contributed by atoms with Gasteiger partial charge in [0, 0.05) is 5.69 Å². The van der Waals surface area contributed by atoms with Crippen LogP contribution in [0.5, 0.6) is 5.75 Å². The Morgan fingerprint density at radius 2 is 1.86 bits per heavy atom. The normalized spacial score (nSPS) is 9.95. The summed E-state index contributed by atoms with van der Waals surface area (Å²) >= 11 is 0. The van der Waals surface area contributed by atoms with Gasteiger partial charge in [0.15, 0.2) is 0 Å². The minimum atomic E-state index is -0.472. The third-order valence-corrected chi connectivity index (χ3v) is 2.91. The first kappa shape index (κ1) is 14.9. The Hall–Kier alpha value is -2.49. The van der Waals surface area contributed by atoms with E-state index in [4.69, 9.17) is 9.47 Å². The third-order valence-electron chi connectivity index (χ3n) is 2.91. The predicted octanol–water partition coefficient (Wildman–Crippen LogP) is 3.88. The fraction of sp³-hybridized carbons (Fsp3) is 0.235. The summed E-state index contributed by atoms with van der Waals surface area (Å²) in [7, 11) is 0. The van der Waals surface area contributed by atoms with Crippen LogP contribution in [-0.2, 0) is 11.2 Å². The Morgan fingerprint density at radius 3 is 2.62 bits per heavy atom. The lowest BCUT2D eigenvalue weighted by Crippen LogP contribution is -2.17. The third kappa shape index (κ3) is 5.18. The van der Waals surface area contributed by atoms with Gasteiger partial charge in [0.05, 0.1) is 0 Å². The maximum atomic E-state index is 11.6. The van der Waals surface area contributed by atoms with E-state index in [0.29, 0.717) is 6.61 Å². The summed E-state index contributed by atoms with van der Waals surface area (Å²) in [6, 6.07) is 17.1. The largest absolute Gasteiger partial charge is 0.490 e. The van der Waals surface area contributed by atoms with Crippen LogP contribution in [0.25, 0.3) is 0 Å². The summed E-state index contributed by atoms with van der Waals surface area (Å²) < 4.78 is 10.5. The minimum absolute atomic E-state index is 0.203. The van der Waals surface area contributed by atoms with Crippen molar-refractivity contribution < 1.29 is 14.3 Å². The molecule has 4 nitrogen and oxygen atoms in total. The van der Waals surface area contributed by atoms with Gasteiger partial charge in [0.25, 0.3) is 0 Å². The lowest BCUT2D eigenvalue weighted by Gasteiger charge is -2.09. The van der Waals surface area contributed by atoms with Crippen molar-refractivity contribution in [2.75, 3.05) is 18.5 Å². The molecule has 0 saturated carbocycles. The highest BCUT2D eigenvalue weighted by atomic mass is 16.6. The van der Waals surface area contributed by atoms with Crippen molar-refractivity contribution in [1.82, 2.24) is 0 Å². The number of carbonyl (C=O) groups excluding carboxylic acids is 1. The molecule has 0 fully saturated rings. The molecule has 2 aromatic carbocycles. The van der Waals surface area contributed by atoms with Crippen LogP contribution in [0.15, 0.2) is 54.6 Å². The van der Waals surface area contributed by atoms with Crippen molar-refractivity contribution in [3.05, 3.63) is 60.2 Å². The van der Waals surface area contributed by atoms with Crippen LogP contribution in [0.1, 0.15) is 12.5 Å². The van der Waals surface area contributed by atoms with E-state index in [2.05, 4.69) is 12.2 Å². The number of aryl methyl sites for hydroxylation is 1. The molecule has 0 aromatic heterocycles. The monoisotopic (exact) mass is 285 g/mol. The first-order chi connectivity index (χ1) is 10.3. The second kappa shape index (κ2) is 7.94. The zero-order valence-electron chi connectivity index (χ0n) is 12.0. The van der Waals surface area contributed by atoms with Crippen LogP contribution in [-0.4, -0.2) is 19.3 Å². The second-order valence-electron chi connectivity index (χ2n) is 4.48. The van der Waals surface area contributed by atoms with Crippen molar-refractivity contribution in [3.63, 3.8) is 0 Å². The van der Waals surface area contributed by atoms with Gasteiger partial charge in [0.1, 0.15) is 19.0 Å². The molecule has 0 unspecified atom stereocenters. The summed E-state index contributed by atoms with van der Waals surface area (Å²) in [5.41, 5.74) is 1.91. The Balaban J connectivity index is 1.70. The highest BCUT2D eigenvalue weighted by Gasteiger charge is 2.03. The van der Waals surface area contributed by atoms with Gasteiger partial charge in [-0.2, -0.15) is 0 Å². The number of ether oxygens (including phenoxy) is 2. The molecule has 21 heavy (non-hydrogen) atoms. The van der Waals surface area contributed by atoms with E-state index >= 15 is 0 Å². The number of rotatable bonds is 6. The van der Waals surface area contributed by atoms with Gasteiger partial charge in [0.2, 0.25) is 0 Å². The second-order valence-corrected chi connectivity index (χ2v) is 4.48. The Kier molecular flexibility index (Phi) is 5.64. The molecule has 4 heteroatoms. The van der Waals surface area contributed by atoms with Gasteiger partial charge in [-0.1, -0.05) is 37.3 Å². The van der Waals surface area contributed by atoms with Crippen LogP contribution in [0, 0.1) is 0 Å². The predicted molar refractivity (Wildman–Crippen MR) is 82.7 cm³/mol. The zero-order valence-corrected chi connectivity index (χ0v) is 12.0. The molecule has 0 bridgehead atoms. The number of nitrogens with one attached hydrogen (secondary N) is 1. The molecule has 0 saturated heterocycles. The minimum Gasteiger partial charge on any atom is -0.490 e. The molecule has 2 aromatic rings. The lowest BCUT2D eigenvalue weighted by atomic mass is 10.1. The molecule has 1 N–H and O–H groups in total. The molecule has 0 spiro atoms.